The molecule has 0 radical (unpaired) electrons. The highest BCUT2D eigenvalue weighted by molar-refractivity contribution is 5.00. The van der Waals surface area contributed by atoms with Crippen molar-refractivity contribution in [1.29, 1.82) is 0 Å². The molecule has 1 N–H and O–H groups in total. The van der Waals surface area contributed by atoms with Crippen LogP contribution in [0.1, 0.15) is 53.7 Å². The number of rotatable bonds is 5. The summed E-state index contributed by atoms with van der Waals surface area (Å²) in [6.45, 7) is 14.8. The number of nitrogens with zero attached hydrogens (tertiary/aromatic N) is 2. The summed E-state index contributed by atoms with van der Waals surface area (Å²) >= 11 is 0. The van der Waals surface area contributed by atoms with Crippen LogP contribution in [-0.2, 0) is 13.5 Å². The van der Waals surface area contributed by atoms with Crippen LogP contribution in [0.2, 0.25) is 0 Å². The first-order valence-electron chi connectivity index (χ1n) is 7.31. The largest absolute Gasteiger partial charge is 0.312 e. The van der Waals surface area contributed by atoms with Crippen molar-refractivity contribution in [2.24, 2.45) is 18.4 Å². The highest BCUT2D eigenvalue weighted by atomic mass is 15.2. The zero-order chi connectivity index (χ0) is 14.7. The van der Waals surface area contributed by atoms with E-state index in [4.69, 9.17) is 0 Å². The first-order valence-corrected chi connectivity index (χ1v) is 7.31. The maximum atomic E-state index is 4.24. The quantitative estimate of drug-likeness (QED) is 0.884. The number of nitrogens with one attached hydrogen (secondary N) is 1. The molecule has 0 saturated heterocycles. The molecule has 1 atom stereocenters. The lowest BCUT2D eigenvalue weighted by atomic mass is 9.77. The van der Waals surface area contributed by atoms with E-state index >= 15 is 0 Å². The summed E-state index contributed by atoms with van der Waals surface area (Å²) in [7, 11) is 2.02. The van der Waals surface area contributed by atoms with Crippen LogP contribution in [0.4, 0.5) is 0 Å². The maximum absolute atomic E-state index is 4.24. The summed E-state index contributed by atoms with van der Waals surface area (Å²) < 4.78 is 1.98. The minimum absolute atomic E-state index is 0.191. The molecule has 3 nitrogen and oxygen atoms in total. The van der Waals surface area contributed by atoms with E-state index in [1.807, 2.05) is 17.9 Å². The molecule has 110 valence electrons. The Labute approximate surface area is 118 Å². The fraction of sp³-hybridized carbons (Fsp3) is 0.812. The lowest BCUT2D eigenvalue weighted by Crippen LogP contribution is -2.42. The van der Waals surface area contributed by atoms with Crippen molar-refractivity contribution < 1.29 is 0 Å². The highest BCUT2D eigenvalue weighted by Gasteiger charge is 2.25. The maximum Gasteiger partial charge on any atom is 0.0492 e. The zero-order valence-corrected chi connectivity index (χ0v) is 13.7. The van der Waals surface area contributed by atoms with Crippen molar-refractivity contribution in [3.63, 3.8) is 0 Å². The number of hydrogen-bond donors (Lipinski definition) is 1. The van der Waals surface area contributed by atoms with Gasteiger partial charge in [0.2, 0.25) is 0 Å². The standard InChI is InChI=1S/C16H31N3/c1-15(2,3)13(12-17-16(4,5)6)8-9-14-10-11-18-19(14)7/h10-11,13,17H,8-9,12H2,1-7H3. The van der Waals surface area contributed by atoms with Crippen molar-refractivity contribution >= 4 is 0 Å². The van der Waals surface area contributed by atoms with Crippen LogP contribution in [0, 0.1) is 11.3 Å². The summed E-state index contributed by atoms with van der Waals surface area (Å²) in [5.74, 6) is 0.668. The van der Waals surface area contributed by atoms with Crippen molar-refractivity contribution in [2.45, 2.75) is 59.9 Å². The Bertz CT molecular complexity index is 379. The fourth-order valence-corrected chi connectivity index (χ4v) is 2.24. The van der Waals surface area contributed by atoms with E-state index in [1.165, 1.54) is 12.1 Å². The van der Waals surface area contributed by atoms with Gasteiger partial charge >= 0.3 is 0 Å². The molecular formula is C16H31N3. The predicted molar refractivity (Wildman–Crippen MR) is 82.2 cm³/mol. The van der Waals surface area contributed by atoms with Crippen molar-refractivity contribution in [1.82, 2.24) is 15.1 Å². The summed E-state index contributed by atoms with van der Waals surface area (Å²) in [6, 6.07) is 2.12. The third kappa shape index (κ3) is 5.77. The van der Waals surface area contributed by atoms with E-state index in [0.717, 1.165) is 13.0 Å². The Kier molecular flexibility index (Phi) is 5.19. The summed E-state index contributed by atoms with van der Waals surface area (Å²) in [4.78, 5) is 0. The number of aromatic nitrogens is 2. The van der Waals surface area contributed by atoms with Crippen molar-refractivity contribution in [2.75, 3.05) is 6.54 Å². The zero-order valence-electron chi connectivity index (χ0n) is 13.7. The molecule has 0 bridgehead atoms. The highest BCUT2D eigenvalue weighted by Crippen LogP contribution is 2.29. The van der Waals surface area contributed by atoms with Gasteiger partial charge < -0.3 is 5.32 Å². The van der Waals surface area contributed by atoms with Gasteiger partial charge in [-0.15, -0.1) is 0 Å². The van der Waals surface area contributed by atoms with E-state index in [2.05, 4.69) is 58.0 Å². The van der Waals surface area contributed by atoms with Crippen LogP contribution in [0.25, 0.3) is 0 Å². The SMILES string of the molecule is Cn1nccc1CCC(CNC(C)(C)C)C(C)(C)C. The van der Waals surface area contributed by atoms with Gasteiger partial charge in [0.25, 0.3) is 0 Å². The second kappa shape index (κ2) is 6.08. The van der Waals surface area contributed by atoms with E-state index < -0.39 is 0 Å². The second-order valence-corrected chi connectivity index (χ2v) is 7.68. The molecule has 0 fully saturated rings. The molecule has 1 heterocycles. The van der Waals surface area contributed by atoms with Gasteiger partial charge in [-0.3, -0.25) is 4.68 Å². The smallest absolute Gasteiger partial charge is 0.0492 e. The number of hydrogen-bond acceptors (Lipinski definition) is 2. The van der Waals surface area contributed by atoms with E-state index in [-0.39, 0.29) is 5.54 Å². The lowest BCUT2D eigenvalue weighted by Gasteiger charge is -2.34. The molecule has 1 aromatic rings. The first-order chi connectivity index (χ1) is 8.59. The Hall–Kier alpha value is -0.830. The van der Waals surface area contributed by atoms with Gasteiger partial charge in [-0.05, 0) is 57.6 Å². The predicted octanol–water partition coefficient (Wildman–Crippen LogP) is 3.40. The minimum Gasteiger partial charge on any atom is -0.312 e. The Morgan fingerprint density at radius 2 is 1.84 bits per heavy atom. The van der Waals surface area contributed by atoms with Crippen LogP contribution in [0.3, 0.4) is 0 Å². The molecule has 0 aliphatic heterocycles. The molecule has 1 rings (SSSR count). The van der Waals surface area contributed by atoms with E-state index in [9.17, 15) is 0 Å². The summed E-state index contributed by atoms with van der Waals surface area (Å²) in [6.07, 6.45) is 4.19. The fourth-order valence-electron chi connectivity index (χ4n) is 2.24. The molecule has 0 saturated carbocycles. The molecule has 0 aliphatic carbocycles. The molecule has 0 aromatic carbocycles. The van der Waals surface area contributed by atoms with E-state index in [1.54, 1.807) is 0 Å². The summed E-state index contributed by atoms with van der Waals surface area (Å²) in [5.41, 5.74) is 1.84. The molecule has 0 amide bonds. The van der Waals surface area contributed by atoms with Gasteiger partial charge in [-0.1, -0.05) is 20.8 Å². The van der Waals surface area contributed by atoms with Crippen molar-refractivity contribution in [3.05, 3.63) is 18.0 Å². The molecule has 0 aliphatic rings. The molecule has 1 aromatic heterocycles. The van der Waals surface area contributed by atoms with E-state index in [0.29, 0.717) is 11.3 Å². The second-order valence-electron chi connectivity index (χ2n) is 7.68. The lowest BCUT2D eigenvalue weighted by molar-refractivity contribution is 0.202. The molecule has 3 heteroatoms. The van der Waals surface area contributed by atoms with Gasteiger partial charge in [0, 0.05) is 24.5 Å². The molecule has 1 unspecified atom stereocenters. The average molecular weight is 265 g/mol. The third-order valence-corrected chi connectivity index (χ3v) is 3.77. The summed E-state index contributed by atoms with van der Waals surface area (Å²) in [5, 5.41) is 7.89. The third-order valence-electron chi connectivity index (χ3n) is 3.77. The minimum atomic E-state index is 0.191. The van der Waals surface area contributed by atoms with Crippen LogP contribution >= 0.6 is 0 Å². The Morgan fingerprint density at radius 3 is 2.26 bits per heavy atom. The monoisotopic (exact) mass is 265 g/mol. The average Bonchev–Trinajstić information content (AvgIpc) is 2.60. The van der Waals surface area contributed by atoms with Crippen LogP contribution in [-0.4, -0.2) is 21.9 Å². The van der Waals surface area contributed by atoms with Gasteiger partial charge in [-0.2, -0.15) is 5.10 Å². The Morgan fingerprint density at radius 1 is 1.21 bits per heavy atom. The van der Waals surface area contributed by atoms with Crippen LogP contribution < -0.4 is 5.32 Å². The normalized spacial score (nSPS) is 14.7. The molecule has 0 spiro atoms. The number of aryl methyl sites for hydroxylation is 2. The van der Waals surface area contributed by atoms with Gasteiger partial charge in [0.05, 0.1) is 0 Å². The topological polar surface area (TPSA) is 29.9 Å². The van der Waals surface area contributed by atoms with Gasteiger partial charge in [-0.25, -0.2) is 0 Å². The Balaban J connectivity index is 2.58. The first kappa shape index (κ1) is 16.2. The van der Waals surface area contributed by atoms with Gasteiger partial charge in [0.15, 0.2) is 0 Å². The molecular weight excluding hydrogens is 234 g/mol. The molecule has 19 heavy (non-hydrogen) atoms. The van der Waals surface area contributed by atoms with Gasteiger partial charge in [0.1, 0.15) is 0 Å². The van der Waals surface area contributed by atoms with Crippen LogP contribution in [0.15, 0.2) is 12.3 Å². The van der Waals surface area contributed by atoms with Crippen LogP contribution in [0.5, 0.6) is 0 Å². The van der Waals surface area contributed by atoms with Crippen molar-refractivity contribution in [3.8, 4) is 0 Å².